The van der Waals surface area contributed by atoms with E-state index in [-0.39, 0.29) is 11.8 Å². The first-order valence-corrected chi connectivity index (χ1v) is 9.42. The van der Waals surface area contributed by atoms with Gasteiger partial charge in [-0.25, -0.2) is 9.97 Å². The second-order valence-corrected chi connectivity index (χ2v) is 6.69. The molecule has 1 saturated heterocycles. The summed E-state index contributed by atoms with van der Waals surface area (Å²) < 4.78 is 5.16. The summed E-state index contributed by atoms with van der Waals surface area (Å²) in [6.45, 7) is 2.43. The molecule has 0 saturated carbocycles. The van der Waals surface area contributed by atoms with E-state index in [0.29, 0.717) is 50.0 Å². The average molecular weight is 391 g/mol. The third-order valence-electron chi connectivity index (χ3n) is 4.77. The van der Waals surface area contributed by atoms with E-state index in [4.69, 9.17) is 4.42 Å². The van der Waals surface area contributed by atoms with E-state index in [0.717, 1.165) is 5.56 Å². The number of benzene rings is 1. The lowest BCUT2D eigenvalue weighted by molar-refractivity contribution is 0.0515. The highest BCUT2D eigenvalue weighted by molar-refractivity contribution is 5.93. The molecule has 3 heterocycles. The molecule has 0 atom stereocenters. The third-order valence-corrected chi connectivity index (χ3v) is 4.77. The number of aromatic nitrogens is 2. The van der Waals surface area contributed by atoms with Gasteiger partial charge in [0.25, 0.3) is 11.8 Å². The highest BCUT2D eigenvalue weighted by Crippen LogP contribution is 2.12. The highest BCUT2D eigenvalue weighted by Gasteiger charge is 2.27. The van der Waals surface area contributed by atoms with Crippen molar-refractivity contribution >= 4 is 17.6 Å². The number of carbonyl (C=O) groups excluding carboxylic acids is 2. The Morgan fingerprint density at radius 3 is 2.24 bits per heavy atom. The SMILES string of the molecule is O=C(c1cnc(NCc2ccccc2)cn1)N1CCN(C(=O)c2ccco2)CC1. The van der Waals surface area contributed by atoms with E-state index in [1.54, 1.807) is 28.1 Å². The first kappa shape index (κ1) is 18.7. The van der Waals surface area contributed by atoms with Gasteiger partial charge in [0.05, 0.1) is 18.7 Å². The second-order valence-electron chi connectivity index (χ2n) is 6.69. The zero-order valence-corrected chi connectivity index (χ0v) is 15.8. The normalized spacial score (nSPS) is 13.9. The molecular weight excluding hydrogens is 370 g/mol. The fraction of sp³-hybridized carbons (Fsp3) is 0.238. The van der Waals surface area contributed by atoms with Gasteiger partial charge in [0.1, 0.15) is 11.5 Å². The summed E-state index contributed by atoms with van der Waals surface area (Å²) in [5, 5.41) is 3.19. The summed E-state index contributed by atoms with van der Waals surface area (Å²) in [6, 6.07) is 13.3. The van der Waals surface area contributed by atoms with Crippen LogP contribution >= 0.6 is 0 Å². The number of furan rings is 1. The van der Waals surface area contributed by atoms with Crippen LogP contribution in [-0.2, 0) is 6.54 Å². The van der Waals surface area contributed by atoms with Crippen LogP contribution in [0.25, 0.3) is 0 Å². The molecule has 1 aliphatic heterocycles. The van der Waals surface area contributed by atoms with Gasteiger partial charge >= 0.3 is 0 Å². The maximum Gasteiger partial charge on any atom is 0.289 e. The molecule has 0 bridgehead atoms. The molecule has 1 N–H and O–H groups in total. The van der Waals surface area contributed by atoms with Crippen LogP contribution < -0.4 is 5.32 Å². The number of anilines is 1. The van der Waals surface area contributed by atoms with Crippen LogP contribution in [0.4, 0.5) is 5.82 Å². The van der Waals surface area contributed by atoms with E-state index < -0.39 is 0 Å². The first-order valence-electron chi connectivity index (χ1n) is 9.42. The smallest absolute Gasteiger partial charge is 0.289 e. The molecule has 1 aliphatic rings. The van der Waals surface area contributed by atoms with Gasteiger partial charge in [-0.15, -0.1) is 0 Å². The molecule has 1 aromatic carbocycles. The Balaban J connectivity index is 1.30. The quantitative estimate of drug-likeness (QED) is 0.717. The maximum absolute atomic E-state index is 12.7. The summed E-state index contributed by atoms with van der Waals surface area (Å²) in [5.41, 5.74) is 1.43. The lowest BCUT2D eigenvalue weighted by atomic mass is 10.2. The fourth-order valence-corrected chi connectivity index (χ4v) is 3.15. The molecule has 0 spiro atoms. The molecule has 148 valence electrons. The molecule has 29 heavy (non-hydrogen) atoms. The van der Waals surface area contributed by atoms with E-state index in [2.05, 4.69) is 15.3 Å². The van der Waals surface area contributed by atoms with Gasteiger partial charge < -0.3 is 19.5 Å². The molecule has 2 amide bonds. The van der Waals surface area contributed by atoms with Gasteiger partial charge in [-0.3, -0.25) is 9.59 Å². The number of hydrogen-bond donors (Lipinski definition) is 1. The van der Waals surface area contributed by atoms with Crippen molar-refractivity contribution in [2.45, 2.75) is 6.54 Å². The monoisotopic (exact) mass is 391 g/mol. The lowest BCUT2D eigenvalue weighted by Crippen LogP contribution is -2.50. The van der Waals surface area contributed by atoms with Crippen LogP contribution in [0.5, 0.6) is 0 Å². The van der Waals surface area contributed by atoms with Crippen LogP contribution in [0.1, 0.15) is 26.6 Å². The molecule has 0 radical (unpaired) electrons. The molecule has 8 heteroatoms. The van der Waals surface area contributed by atoms with Crippen LogP contribution in [0.2, 0.25) is 0 Å². The standard InChI is InChI=1S/C21H21N5O3/c27-20(25-8-10-26(11-9-25)21(28)18-7-4-12-29-18)17-14-24-19(15-22-17)23-13-16-5-2-1-3-6-16/h1-7,12,14-15H,8-11,13H2,(H,23,24). The van der Waals surface area contributed by atoms with Crippen molar-refractivity contribution in [2.24, 2.45) is 0 Å². The number of carbonyl (C=O) groups is 2. The molecule has 2 aromatic heterocycles. The fourth-order valence-electron chi connectivity index (χ4n) is 3.15. The summed E-state index contributed by atoms with van der Waals surface area (Å²) >= 11 is 0. The predicted molar refractivity (Wildman–Crippen MR) is 106 cm³/mol. The van der Waals surface area contributed by atoms with E-state index >= 15 is 0 Å². The van der Waals surface area contributed by atoms with Crippen molar-refractivity contribution in [1.82, 2.24) is 19.8 Å². The van der Waals surface area contributed by atoms with Crippen molar-refractivity contribution in [3.05, 3.63) is 78.1 Å². The second kappa shape index (κ2) is 8.55. The summed E-state index contributed by atoms with van der Waals surface area (Å²) in [6.07, 6.45) is 4.52. The van der Waals surface area contributed by atoms with Crippen LogP contribution in [0.3, 0.4) is 0 Å². The van der Waals surface area contributed by atoms with Crippen LogP contribution in [0, 0.1) is 0 Å². The molecule has 8 nitrogen and oxygen atoms in total. The van der Waals surface area contributed by atoms with Gasteiger partial charge in [0, 0.05) is 32.7 Å². The number of piperazine rings is 1. The molecule has 1 fully saturated rings. The largest absolute Gasteiger partial charge is 0.459 e. The predicted octanol–water partition coefficient (Wildman–Crippen LogP) is 2.28. The molecule has 4 rings (SSSR count). The van der Waals surface area contributed by atoms with Crippen molar-refractivity contribution in [3.63, 3.8) is 0 Å². The van der Waals surface area contributed by atoms with E-state index in [9.17, 15) is 9.59 Å². The van der Waals surface area contributed by atoms with Crippen molar-refractivity contribution < 1.29 is 14.0 Å². The topological polar surface area (TPSA) is 91.6 Å². The Bertz CT molecular complexity index is 950. The third kappa shape index (κ3) is 4.43. The Kier molecular flexibility index (Phi) is 5.51. The molecule has 0 unspecified atom stereocenters. The van der Waals surface area contributed by atoms with Crippen molar-refractivity contribution in [1.29, 1.82) is 0 Å². The van der Waals surface area contributed by atoms with Crippen molar-refractivity contribution in [2.75, 3.05) is 31.5 Å². The van der Waals surface area contributed by atoms with Gasteiger partial charge in [-0.05, 0) is 17.7 Å². The van der Waals surface area contributed by atoms with Crippen LogP contribution in [-0.4, -0.2) is 57.8 Å². The number of hydrogen-bond acceptors (Lipinski definition) is 6. The Morgan fingerprint density at radius 2 is 1.62 bits per heavy atom. The Labute approximate surface area is 168 Å². The van der Waals surface area contributed by atoms with Crippen LogP contribution in [0.15, 0.2) is 65.5 Å². The summed E-state index contributed by atoms with van der Waals surface area (Å²) in [7, 11) is 0. The van der Waals surface area contributed by atoms with Gasteiger partial charge in [0.15, 0.2) is 5.76 Å². The zero-order chi connectivity index (χ0) is 20.1. The van der Waals surface area contributed by atoms with E-state index in [1.807, 2.05) is 30.3 Å². The first-order chi connectivity index (χ1) is 14.2. The Hall–Kier alpha value is -3.68. The van der Waals surface area contributed by atoms with Gasteiger partial charge in [0.2, 0.25) is 0 Å². The van der Waals surface area contributed by atoms with E-state index in [1.165, 1.54) is 12.5 Å². The number of rotatable bonds is 5. The minimum atomic E-state index is -0.183. The minimum Gasteiger partial charge on any atom is -0.459 e. The zero-order valence-electron chi connectivity index (χ0n) is 15.8. The molecule has 3 aromatic rings. The number of nitrogens with zero attached hydrogens (tertiary/aromatic N) is 4. The minimum absolute atomic E-state index is 0.157. The lowest BCUT2D eigenvalue weighted by Gasteiger charge is -2.34. The Morgan fingerprint density at radius 1 is 0.897 bits per heavy atom. The number of amides is 2. The van der Waals surface area contributed by atoms with Gasteiger partial charge in [-0.1, -0.05) is 30.3 Å². The maximum atomic E-state index is 12.7. The number of nitrogens with one attached hydrogen (secondary N) is 1. The summed E-state index contributed by atoms with van der Waals surface area (Å²) in [5.74, 6) is 0.585. The average Bonchev–Trinajstić information content (AvgIpc) is 3.33. The van der Waals surface area contributed by atoms with Crippen molar-refractivity contribution in [3.8, 4) is 0 Å². The summed E-state index contributed by atoms with van der Waals surface area (Å²) in [4.78, 5) is 36.9. The molecular formula is C21H21N5O3. The van der Waals surface area contributed by atoms with Gasteiger partial charge in [-0.2, -0.15) is 0 Å². The highest BCUT2D eigenvalue weighted by atomic mass is 16.3. The molecule has 0 aliphatic carbocycles.